The summed E-state index contributed by atoms with van der Waals surface area (Å²) in [6.45, 7) is 3.66. The predicted molar refractivity (Wildman–Crippen MR) is 129 cm³/mol. The number of methoxy groups -OCH3 is 1. The lowest BCUT2D eigenvalue weighted by Crippen LogP contribution is -2.42. The largest absolute Gasteiger partial charge is 0.488 e. The molecule has 1 N–H and O–H groups in total. The maximum Gasteiger partial charge on any atom is 0.257 e. The average Bonchev–Trinajstić information content (AvgIpc) is 3.18. The Kier molecular flexibility index (Phi) is 7.52. The number of carbonyl (C=O) groups excluding carboxylic acids is 2. The minimum atomic E-state index is -0.395. The van der Waals surface area contributed by atoms with E-state index in [0.717, 1.165) is 19.5 Å². The van der Waals surface area contributed by atoms with Crippen LogP contribution in [0.3, 0.4) is 0 Å². The monoisotopic (exact) mass is 499 g/mol. The van der Waals surface area contributed by atoms with E-state index in [2.05, 4.69) is 15.4 Å². The molecule has 10 nitrogen and oxygen atoms in total. The Morgan fingerprint density at radius 1 is 1.17 bits per heavy atom. The second kappa shape index (κ2) is 10.7. The second-order valence-corrected chi connectivity index (χ2v) is 8.57. The smallest absolute Gasteiger partial charge is 0.257 e. The van der Waals surface area contributed by atoms with Crippen LogP contribution in [0.2, 0.25) is 5.02 Å². The number of pyridine rings is 1. The molecule has 0 saturated carbocycles. The first-order chi connectivity index (χ1) is 16.8. The number of nitrogens with one attached hydrogen (secondary N) is 1. The number of rotatable bonds is 9. The number of aryl methyl sites for hydroxylation is 1. The lowest BCUT2D eigenvalue weighted by atomic mass is 10.1. The van der Waals surface area contributed by atoms with Crippen molar-refractivity contribution in [3.8, 4) is 17.4 Å². The quantitative estimate of drug-likeness (QED) is 0.477. The maximum atomic E-state index is 12.9. The van der Waals surface area contributed by atoms with Crippen LogP contribution in [-0.4, -0.2) is 64.4 Å². The molecule has 0 spiro atoms. The minimum absolute atomic E-state index is 0.102. The van der Waals surface area contributed by atoms with E-state index < -0.39 is 5.91 Å². The molecular formula is C24H26ClN5O5. The molecule has 35 heavy (non-hydrogen) atoms. The molecule has 0 aliphatic carbocycles. The van der Waals surface area contributed by atoms with Crippen molar-refractivity contribution in [2.75, 3.05) is 32.1 Å². The molecule has 2 aromatic heterocycles. The number of halogens is 1. The molecule has 1 saturated heterocycles. The van der Waals surface area contributed by atoms with Gasteiger partial charge in [0.25, 0.3) is 11.8 Å². The topological polar surface area (TPSA) is 108 Å². The van der Waals surface area contributed by atoms with E-state index in [-0.39, 0.29) is 34.2 Å². The van der Waals surface area contributed by atoms with Crippen molar-refractivity contribution in [1.82, 2.24) is 19.7 Å². The molecule has 1 aliphatic heterocycles. The number of likely N-dealkylation sites (tertiary alicyclic amines) is 1. The number of nitrogens with zero attached hydrogens (tertiary/aromatic N) is 4. The van der Waals surface area contributed by atoms with Crippen LogP contribution in [0.5, 0.6) is 17.4 Å². The van der Waals surface area contributed by atoms with Crippen molar-refractivity contribution < 1.29 is 23.8 Å². The molecule has 11 heteroatoms. The van der Waals surface area contributed by atoms with Gasteiger partial charge in [0.15, 0.2) is 5.82 Å². The van der Waals surface area contributed by atoms with Crippen molar-refractivity contribution in [2.45, 2.75) is 19.4 Å². The highest BCUT2D eigenvalue weighted by Crippen LogP contribution is 2.32. The van der Waals surface area contributed by atoms with Gasteiger partial charge in [0.1, 0.15) is 22.6 Å². The van der Waals surface area contributed by atoms with Gasteiger partial charge in [-0.3, -0.25) is 14.3 Å². The van der Waals surface area contributed by atoms with Crippen molar-refractivity contribution in [3.63, 3.8) is 0 Å². The van der Waals surface area contributed by atoms with Gasteiger partial charge in [0.2, 0.25) is 5.88 Å². The van der Waals surface area contributed by atoms with Gasteiger partial charge in [-0.2, -0.15) is 5.10 Å². The van der Waals surface area contributed by atoms with Crippen LogP contribution in [0.25, 0.3) is 0 Å². The van der Waals surface area contributed by atoms with Gasteiger partial charge in [0.05, 0.1) is 12.2 Å². The molecule has 0 radical (unpaired) electrons. The standard InChI is InChI=1S/C24H26ClN5O5/c1-15(14-33-3)34-18-9-16(22(31)27-21-5-8-29(2)28-21)10-19(12-18)35-23-20(25)11-17(13-26-23)24(32)30-6-4-7-30/h5,8-13,15H,4,6-7,14H2,1-3H3,(H,27,28,31)/t15-/m0/s1. The van der Waals surface area contributed by atoms with Crippen LogP contribution in [0, 0.1) is 0 Å². The summed E-state index contributed by atoms with van der Waals surface area (Å²) >= 11 is 6.37. The van der Waals surface area contributed by atoms with Crippen LogP contribution in [0.15, 0.2) is 42.7 Å². The van der Waals surface area contributed by atoms with Gasteiger partial charge >= 0.3 is 0 Å². The zero-order chi connectivity index (χ0) is 24.9. The number of benzene rings is 1. The fraction of sp³-hybridized carbons (Fsp3) is 0.333. The highest BCUT2D eigenvalue weighted by molar-refractivity contribution is 6.32. The molecule has 1 aromatic carbocycles. The van der Waals surface area contributed by atoms with Crippen LogP contribution < -0.4 is 14.8 Å². The third-order valence-corrected chi connectivity index (χ3v) is 5.52. The molecule has 4 rings (SSSR count). The molecule has 1 atom stereocenters. The third kappa shape index (κ3) is 6.09. The van der Waals surface area contributed by atoms with E-state index in [0.29, 0.717) is 23.7 Å². The highest BCUT2D eigenvalue weighted by Gasteiger charge is 2.23. The van der Waals surface area contributed by atoms with Gasteiger partial charge in [-0.15, -0.1) is 0 Å². The molecule has 0 unspecified atom stereocenters. The second-order valence-electron chi connectivity index (χ2n) is 8.16. The maximum absolute atomic E-state index is 12.9. The summed E-state index contributed by atoms with van der Waals surface area (Å²) in [6.07, 6.45) is 3.87. The Morgan fingerprint density at radius 3 is 2.57 bits per heavy atom. The van der Waals surface area contributed by atoms with Gasteiger partial charge in [-0.25, -0.2) is 4.98 Å². The molecule has 3 aromatic rings. The van der Waals surface area contributed by atoms with Gasteiger partial charge in [0, 0.05) is 57.3 Å². The van der Waals surface area contributed by atoms with Crippen molar-refractivity contribution in [3.05, 3.63) is 58.9 Å². The minimum Gasteiger partial charge on any atom is -0.488 e. The van der Waals surface area contributed by atoms with Crippen molar-refractivity contribution in [2.24, 2.45) is 7.05 Å². The molecule has 3 heterocycles. The molecule has 184 valence electrons. The summed E-state index contributed by atoms with van der Waals surface area (Å²) in [5.41, 5.74) is 0.677. The summed E-state index contributed by atoms with van der Waals surface area (Å²) < 4.78 is 18.5. The van der Waals surface area contributed by atoms with Gasteiger partial charge in [-0.05, 0) is 31.5 Å². The van der Waals surface area contributed by atoms with Gasteiger partial charge < -0.3 is 24.4 Å². The number of amides is 2. The highest BCUT2D eigenvalue weighted by atomic mass is 35.5. The number of anilines is 1. The number of carbonyl (C=O) groups is 2. The SMILES string of the molecule is COC[C@H](C)Oc1cc(Oc2ncc(C(=O)N3CCC3)cc2Cl)cc(C(=O)Nc2ccn(C)n2)c1. The molecular weight excluding hydrogens is 474 g/mol. The van der Waals surface area contributed by atoms with Crippen LogP contribution >= 0.6 is 11.6 Å². The number of hydrogen-bond acceptors (Lipinski definition) is 7. The Bertz CT molecular complexity index is 1230. The molecule has 1 aliphatic rings. The summed E-state index contributed by atoms with van der Waals surface area (Å²) in [4.78, 5) is 31.3. The number of hydrogen-bond donors (Lipinski definition) is 1. The normalized spacial score (nSPS) is 13.7. The average molecular weight is 500 g/mol. The van der Waals surface area contributed by atoms with Crippen LogP contribution in [0.4, 0.5) is 5.82 Å². The van der Waals surface area contributed by atoms with E-state index in [4.69, 9.17) is 25.8 Å². The van der Waals surface area contributed by atoms with Gasteiger partial charge in [-0.1, -0.05) is 11.6 Å². The van der Waals surface area contributed by atoms with Crippen molar-refractivity contribution in [1.29, 1.82) is 0 Å². The van der Waals surface area contributed by atoms with E-state index in [9.17, 15) is 9.59 Å². The van der Waals surface area contributed by atoms with E-state index >= 15 is 0 Å². The first-order valence-corrected chi connectivity index (χ1v) is 11.4. The fourth-order valence-electron chi connectivity index (χ4n) is 3.43. The number of ether oxygens (including phenoxy) is 3. The summed E-state index contributed by atoms with van der Waals surface area (Å²) in [6, 6.07) is 7.98. The van der Waals surface area contributed by atoms with E-state index in [1.54, 1.807) is 54.2 Å². The first-order valence-electron chi connectivity index (χ1n) is 11.1. The molecule has 2 amide bonds. The Hall–Kier alpha value is -3.63. The predicted octanol–water partition coefficient (Wildman–Crippen LogP) is 3.77. The third-order valence-electron chi connectivity index (χ3n) is 5.25. The lowest BCUT2D eigenvalue weighted by molar-refractivity contribution is 0.0651. The van der Waals surface area contributed by atoms with E-state index in [1.165, 1.54) is 12.3 Å². The lowest BCUT2D eigenvalue weighted by Gasteiger charge is -2.30. The van der Waals surface area contributed by atoms with Crippen LogP contribution in [-0.2, 0) is 11.8 Å². The Balaban J connectivity index is 1.58. The summed E-state index contributed by atoms with van der Waals surface area (Å²) in [7, 11) is 3.33. The van der Waals surface area contributed by atoms with Crippen LogP contribution in [0.1, 0.15) is 34.1 Å². The summed E-state index contributed by atoms with van der Waals surface area (Å²) in [5, 5.41) is 7.08. The van der Waals surface area contributed by atoms with E-state index in [1.807, 2.05) is 6.92 Å². The summed E-state index contributed by atoms with van der Waals surface area (Å²) in [5.74, 6) is 0.686. The molecule has 1 fully saturated rings. The zero-order valence-corrected chi connectivity index (χ0v) is 20.4. The number of aromatic nitrogens is 3. The fourth-order valence-corrected chi connectivity index (χ4v) is 3.64. The molecule has 0 bridgehead atoms. The Morgan fingerprint density at radius 2 is 1.94 bits per heavy atom. The zero-order valence-electron chi connectivity index (χ0n) is 19.7. The first kappa shape index (κ1) is 24.5. The van der Waals surface area contributed by atoms with Crippen molar-refractivity contribution >= 4 is 29.2 Å². The Labute approximate surface area is 207 Å².